The zero-order valence-electron chi connectivity index (χ0n) is 21.7. The van der Waals surface area contributed by atoms with E-state index in [-0.39, 0.29) is 23.5 Å². The number of carbonyl (C=O) groups excluding carboxylic acids is 1. The van der Waals surface area contributed by atoms with Gasteiger partial charge in [-0.25, -0.2) is 4.79 Å². The van der Waals surface area contributed by atoms with Crippen LogP contribution in [0.3, 0.4) is 0 Å². The highest BCUT2D eigenvalue weighted by Crippen LogP contribution is 2.66. The third kappa shape index (κ3) is 3.56. The van der Waals surface area contributed by atoms with Crippen molar-refractivity contribution in [2.75, 3.05) is 18.4 Å². The Labute approximate surface area is 231 Å². The molecule has 0 radical (unpaired) electrons. The molecular weight excluding hydrogens is 545 g/mol. The van der Waals surface area contributed by atoms with Crippen LogP contribution < -0.4 is 10.1 Å². The maximum Gasteiger partial charge on any atom is 0.416 e. The van der Waals surface area contributed by atoms with Crippen molar-refractivity contribution in [3.63, 3.8) is 0 Å². The number of carbonyl (C=O) groups is 2. The molecule has 12 heteroatoms. The van der Waals surface area contributed by atoms with Gasteiger partial charge in [0.15, 0.2) is 17.6 Å². The van der Waals surface area contributed by atoms with E-state index in [2.05, 4.69) is 10.2 Å². The first-order chi connectivity index (χ1) is 19.3. The van der Waals surface area contributed by atoms with E-state index in [1.54, 1.807) is 6.07 Å². The summed E-state index contributed by atoms with van der Waals surface area (Å²) >= 11 is 0. The van der Waals surface area contributed by atoms with Crippen LogP contribution in [0.5, 0.6) is 11.5 Å². The lowest BCUT2D eigenvalue weighted by Crippen LogP contribution is -2.75. The Morgan fingerprint density at radius 3 is 2.59 bits per heavy atom. The molecule has 1 spiro atoms. The Hall–Kier alpha value is -3.77. The number of halogens is 3. The van der Waals surface area contributed by atoms with Crippen molar-refractivity contribution in [1.82, 2.24) is 4.90 Å². The monoisotopic (exact) mass is 572 g/mol. The van der Waals surface area contributed by atoms with Crippen LogP contribution in [0.4, 0.5) is 18.9 Å². The molecule has 2 aromatic rings. The zero-order chi connectivity index (χ0) is 29.1. The molecule has 2 fully saturated rings. The average molecular weight is 573 g/mol. The fourth-order valence-electron chi connectivity index (χ4n) is 7.58. The topological polar surface area (TPSA) is 140 Å². The van der Waals surface area contributed by atoms with Gasteiger partial charge in [-0.1, -0.05) is 6.07 Å². The molecule has 1 saturated carbocycles. The van der Waals surface area contributed by atoms with E-state index in [0.29, 0.717) is 43.0 Å². The average Bonchev–Trinajstić information content (AvgIpc) is 3.64. The van der Waals surface area contributed by atoms with E-state index >= 15 is 0 Å². The Morgan fingerprint density at radius 1 is 1.15 bits per heavy atom. The number of rotatable bonds is 5. The second-order valence-corrected chi connectivity index (χ2v) is 11.8. The van der Waals surface area contributed by atoms with Gasteiger partial charge in [0.2, 0.25) is 0 Å². The number of aromatic hydroxyl groups is 1. The number of aliphatic hydroxyl groups is 2. The number of nitrogens with one attached hydrogen (secondary N) is 1. The Morgan fingerprint density at radius 2 is 1.90 bits per heavy atom. The van der Waals surface area contributed by atoms with E-state index in [0.717, 1.165) is 31.0 Å². The number of phenolic OH excluding ortho intramolecular Hbond substituents is 1. The summed E-state index contributed by atoms with van der Waals surface area (Å²) in [5.74, 6) is -2.63. The summed E-state index contributed by atoms with van der Waals surface area (Å²) in [4.78, 5) is 27.6. The number of hydrogen-bond acceptors (Lipinski definition) is 7. The van der Waals surface area contributed by atoms with Gasteiger partial charge < -0.3 is 30.5 Å². The van der Waals surface area contributed by atoms with Gasteiger partial charge in [-0.2, -0.15) is 13.2 Å². The molecule has 1 saturated heterocycles. The maximum atomic E-state index is 13.6. The summed E-state index contributed by atoms with van der Waals surface area (Å²) in [6, 6.07) is 4.72. The Bertz CT molecular complexity index is 1550. The van der Waals surface area contributed by atoms with Crippen LogP contribution in [0.25, 0.3) is 0 Å². The van der Waals surface area contributed by atoms with Gasteiger partial charge in [0.05, 0.1) is 33.4 Å². The van der Waals surface area contributed by atoms with Gasteiger partial charge in [0, 0.05) is 24.6 Å². The fourth-order valence-corrected chi connectivity index (χ4v) is 7.58. The minimum Gasteiger partial charge on any atom is -0.508 e. The first-order valence-corrected chi connectivity index (χ1v) is 13.5. The van der Waals surface area contributed by atoms with Crippen molar-refractivity contribution < 1.29 is 47.9 Å². The van der Waals surface area contributed by atoms with E-state index < -0.39 is 63.8 Å². The summed E-state index contributed by atoms with van der Waals surface area (Å²) in [7, 11) is 0. The lowest BCUT2D eigenvalue weighted by Gasteiger charge is -2.62. The third-order valence-electron chi connectivity index (χ3n) is 9.62. The summed E-state index contributed by atoms with van der Waals surface area (Å²) in [5, 5.41) is 46.6. The summed E-state index contributed by atoms with van der Waals surface area (Å²) < 4.78 is 46.3. The minimum atomic E-state index is -4.79. The first-order valence-electron chi connectivity index (χ1n) is 13.5. The van der Waals surface area contributed by atoms with Crippen molar-refractivity contribution in [3.8, 4) is 11.5 Å². The SMILES string of the molecule is O=C(Nc1cc(C(F)(F)F)ccc1C(=O)O)C1=C(O)[C@@H]2Oc3c(O)ccc4c3[C@@]23CCN(CC2CC2)[C@H](C4)[C@]3(O)C1. The predicted octanol–water partition coefficient (Wildman–Crippen LogP) is 3.73. The number of hydrogen-bond donors (Lipinski definition) is 5. The summed E-state index contributed by atoms with van der Waals surface area (Å²) in [6.45, 7) is 1.37. The quantitative estimate of drug-likeness (QED) is 0.365. The second kappa shape index (κ2) is 8.39. The van der Waals surface area contributed by atoms with Crippen LogP contribution in [-0.4, -0.2) is 68.0 Å². The first kappa shape index (κ1) is 26.1. The molecular formula is C29H27F3N2O7. The number of nitrogens with zero attached hydrogens (tertiary/aromatic N) is 1. The zero-order valence-corrected chi connectivity index (χ0v) is 21.7. The molecule has 2 aliphatic heterocycles. The number of aromatic carboxylic acids is 1. The largest absolute Gasteiger partial charge is 0.508 e. The van der Waals surface area contributed by atoms with Crippen LogP contribution in [0, 0.1) is 5.92 Å². The number of benzene rings is 2. The molecule has 216 valence electrons. The molecule has 7 rings (SSSR count). The van der Waals surface area contributed by atoms with Crippen molar-refractivity contribution in [2.45, 2.75) is 61.4 Å². The number of anilines is 1. The van der Waals surface area contributed by atoms with Crippen molar-refractivity contribution in [2.24, 2.45) is 5.92 Å². The molecule has 3 aliphatic carbocycles. The third-order valence-corrected chi connectivity index (χ3v) is 9.62. The van der Waals surface area contributed by atoms with Gasteiger partial charge in [-0.3, -0.25) is 9.69 Å². The maximum absolute atomic E-state index is 13.6. The van der Waals surface area contributed by atoms with Gasteiger partial charge >= 0.3 is 12.1 Å². The number of amides is 1. The highest BCUT2D eigenvalue weighted by Gasteiger charge is 2.73. The van der Waals surface area contributed by atoms with E-state index in [4.69, 9.17) is 4.74 Å². The molecule has 2 heterocycles. The smallest absolute Gasteiger partial charge is 0.416 e. The highest BCUT2D eigenvalue weighted by molar-refractivity contribution is 6.08. The fraction of sp³-hybridized carbons (Fsp3) is 0.448. The van der Waals surface area contributed by atoms with Gasteiger partial charge in [-0.15, -0.1) is 0 Å². The minimum absolute atomic E-state index is 0.138. The number of piperidine rings is 1. The molecule has 4 atom stereocenters. The number of carboxylic acid groups (broad SMARTS) is 1. The molecule has 9 nitrogen and oxygen atoms in total. The molecule has 5 N–H and O–H groups in total. The van der Waals surface area contributed by atoms with Gasteiger partial charge in [-0.05, 0) is 68.0 Å². The summed E-state index contributed by atoms with van der Waals surface area (Å²) in [6.07, 6.45) is -3.39. The number of carboxylic acids is 1. The molecule has 41 heavy (non-hydrogen) atoms. The van der Waals surface area contributed by atoms with Crippen LogP contribution in [0.1, 0.15) is 52.7 Å². The highest BCUT2D eigenvalue weighted by atomic mass is 19.4. The number of phenols is 1. The number of aliphatic hydroxyl groups excluding tert-OH is 1. The standard InChI is InChI=1S/C29H27F3N2O7/c30-29(31,32)15-4-5-16(26(38)39)18(10-15)33-25(37)17-11-28(40)20-9-14-3-6-19(35)23-21(14)27(28,24(41-23)22(17)36)7-8-34(20)12-13-1-2-13/h3-6,10,13,20,24,35-36,40H,1-2,7-9,11-12H2,(H,33,37)(H,38,39)/t20-,24+,27+,28-/m1/s1. The van der Waals surface area contributed by atoms with Crippen molar-refractivity contribution in [3.05, 3.63) is 63.9 Å². The van der Waals surface area contributed by atoms with Crippen LogP contribution in [-0.2, 0) is 22.8 Å². The number of alkyl halides is 3. The molecule has 0 unspecified atom stereocenters. The molecule has 2 bridgehead atoms. The van der Waals surface area contributed by atoms with Crippen LogP contribution in [0.15, 0.2) is 41.7 Å². The van der Waals surface area contributed by atoms with E-state index in [1.807, 2.05) is 0 Å². The predicted molar refractivity (Wildman–Crippen MR) is 137 cm³/mol. The van der Waals surface area contributed by atoms with Crippen molar-refractivity contribution >= 4 is 17.6 Å². The van der Waals surface area contributed by atoms with E-state index in [1.165, 1.54) is 6.07 Å². The van der Waals surface area contributed by atoms with Crippen molar-refractivity contribution in [1.29, 1.82) is 0 Å². The number of likely N-dealkylation sites (tertiary alicyclic amines) is 1. The normalized spacial score (nSPS) is 30.0. The van der Waals surface area contributed by atoms with Gasteiger partial charge in [0.1, 0.15) is 5.76 Å². The van der Waals surface area contributed by atoms with Crippen LogP contribution >= 0.6 is 0 Å². The Balaban J connectivity index is 1.33. The lowest BCUT2D eigenvalue weighted by molar-refractivity contribution is -0.172. The second-order valence-electron chi connectivity index (χ2n) is 11.8. The van der Waals surface area contributed by atoms with E-state index in [9.17, 15) is 43.2 Å². The molecule has 5 aliphatic rings. The van der Waals surface area contributed by atoms with Gasteiger partial charge in [0.25, 0.3) is 5.91 Å². The molecule has 0 aromatic heterocycles. The lowest BCUT2D eigenvalue weighted by atomic mass is 9.49. The Kier molecular flexibility index (Phi) is 5.35. The number of ether oxygens (including phenoxy) is 1. The molecule has 2 aromatic carbocycles. The van der Waals surface area contributed by atoms with Crippen LogP contribution in [0.2, 0.25) is 0 Å². The molecule has 1 amide bonds. The summed E-state index contributed by atoms with van der Waals surface area (Å²) in [5.41, 5.74) is -3.92.